The van der Waals surface area contributed by atoms with E-state index in [4.69, 9.17) is 15.2 Å². The highest BCUT2D eigenvalue weighted by molar-refractivity contribution is 5.39. The van der Waals surface area contributed by atoms with Crippen LogP contribution in [-0.2, 0) is 6.42 Å². The van der Waals surface area contributed by atoms with Crippen molar-refractivity contribution in [3.05, 3.63) is 48.2 Å². The molecule has 0 aliphatic heterocycles. The molecule has 0 fully saturated rings. The molecule has 0 aliphatic carbocycles. The van der Waals surface area contributed by atoms with Crippen LogP contribution in [0.2, 0.25) is 0 Å². The monoisotopic (exact) mass is 258 g/mol. The number of hydrogen-bond donors (Lipinski definition) is 1. The van der Waals surface area contributed by atoms with Gasteiger partial charge in [-0.05, 0) is 42.7 Å². The van der Waals surface area contributed by atoms with E-state index < -0.39 is 0 Å². The van der Waals surface area contributed by atoms with Gasteiger partial charge in [0.05, 0.1) is 13.7 Å². The Kier molecular flexibility index (Phi) is 4.61. The molecule has 0 saturated carbocycles. The zero-order chi connectivity index (χ0) is 13.5. The number of aromatic nitrogens is 1. The summed E-state index contributed by atoms with van der Waals surface area (Å²) in [7, 11) is 1.64. The van der Waals surface area contributed by atoms with Crippen molar-refractivity contribution in [3.63, 3.8) is 0 Å². The van der Waals surface area contributed by atoms with Crippen molar-refractivity contribution < 1.29 is 9.47 Å². The maximum atomic E-state index is 5.71. The topological polar surface area (TPSA) is 57.4 Å². The summed E-state index contributed by atoms with van der Waals surface area (Å²) >= 11 is 0. The maximum absolute atomic E-state index is 5.71. The van der Waals surface area contributed by atoms with Gasteiger partial charge in [0.15, 0.2) is 11.5 Å². The summed E-state index contributed by atoms with van der Waals surface area (Å²) in [6.45, 7) is 0.641. The average molecular weight is 258 g/mol. The Morgan fingerprint density at radius 1 is 1.16 bits per heavy atom. The summed E-state index contributed by atoms with van der Waals surface area (Å²) in [5, 5.41) is 0. The quantitative estimate of drug-likeness (QED) is 0.809. The number of nitrogen functional groups attached to an aromatic ring is 1. The van der Waals surface area contributed by atoms with Crippen molar-refractivity contribution in [2.75, 3.05) is 19.5 Å². The van der Waals surface area contributed by atoms with Crippen molar-refractivity contribution in [3.8, 4) is 11.5 Å². The number of anilines is 1. The molecule has 0 aliphatic rings. The molecule has 1 aromatic heterocycles. The van der Waals surface area contributed by atoms with E-state index in [0.29, 0.717) is 12.4 Å². The lowest BCUT2D eigenvalue weighted by molar-refractivity contribution is 0.289. The van der Waals surface area contributed by atoms with Crippen molar-refractivity contribution in [2.24, 2.45) is 0 Å². The highest BCUT2D eigenvalue weighted by Crippen LogP contribution is 2.25. The highest BCUT2D eigenvalue weighted by atomic mass is 16.5. The van der Waals surface area contributed by atoms with E-state index in [9.17, 15) is 0 Å². The smallest absolute Gasteiger partial charge is 0.161 e. The van der Waals surface area contributed by atoms with Crippen LogP contribution in [0.25, 0.3) is 0 Å². The number of pyridine rings is 1. The fourth-order valence-corrected chi connectivity index (χ4v) is 1.85. The summed E-state index contributed by atoms with van der Waals surface area (Å²) in [6, 6.07) is 11.5. The molecular formula is C15H18N2O2. The third kappa shape index (κ3) is 3.88. The van der Waals surface area contributed by atoms with Crippen molar-refractivity contribution in [2.45, 2.75) is 12.8 Å². The molecule has 1 aromatic carbocycles. The van der Waals surface area contributed by atoms with E-state index in [2.05, 4.69) is 4.98 Å². The van der Waals surface area contributed by atoms with E-state index in [1.54, 1.807) is 13.3 Å². The van der Waals surface area contributed by atoms with E-state index in [-0.39, 0.29) is 0 Å². The molecule has 19 heavy (non-hydrogen) atoms. The second-order valence-corrected chi connectivity index (χ2v) is 4.19. The van der Waals surface area contributed by atoms with E-state index in [1.165, 1.54) is 5.56 Å². The van der Waals surface area contributed by atoms with E-state index >= 15 is 0 Å². The minimum Gasteiger partial charge on any atom is -0.493 e. The molecule has 2 N–H and O–H groups in total. The maximum Gasteiger partial charge on any atom is 0.161 e. The lowest BCUT2D eigenvalue weighted by atomic mass is 10.1. The fourth-order valence-electron chi connectivity index (χ4n) is 1.85. The second-order valence-electron chi connectivity index (χ2n) is 4.19. The molecule has 0 saturated heterocycles. The van der Waals surface area contributed by atoms with Crippen LogP contribution in [-0.4, -0.2) is 18.7 Å². The molecule has 2 aromatic rings. The van der Waals surface area contributed by atoms with Crippen LogP contribution in [0.5, 0.6) is 11.5 Å². The van der Waals surface area contributed by atoms with Crippen LogP contribution in [0.4, 0.5) is 5.82 Å². The molecule has 0 bridgehead atoms. The summed E-state index contributed by atoms with van der Waals surface area (Å²) in [4.78, 5) is 3.97. The largest absolute Gasteiger partial charge is 0.493 e. The molecule has 0 unspecified atom stereocenters. The van der Waals surface area contributed by atoms with Crippen LogP contribution in [0.1, 0.15) is 12.0 Å². The van der Waals surface area contributed by atoms with Gasteiger partial charge in [-0.15, -0.1) is 0 Å². The number of para-hydroxylation sites is 2. The van der Waals surface area contributed by atoms with Gasteiger partial charge in [-0.3, -0.25) is 0 Å². The number of methoxy groups -OCH3 is 1. The number of aryl methyl sites for hydroxylation is 1. The molecule has 4 nitrogen and oxygen atoms in total. The molecule has 0 spiro atoms. The molecule has 1 heterocycles. The zero-order valence-electron chi connectivity index (χ0n) is 11.0. The van der Waals surface area contributed by atoms with Gasteiger partial charge in [-0.25, -0.2) is 4.98 Å². The first-order valence-corrected chi connectivity index (χ1v) is 6.26. The Balaban J connectivity index is 1.81. The zero-order valence-corrected chi connectivity index (χ0v) is 11.0. The number of hydrogen-bond acceptors (Lipinski definition) is 4. The summed E-state index contributed by atoms with van der Waals surface area (Å²) in [6.07, 6.45) is 3.56. The predicted molar refractivity (Wildman–Crippen MR) is 75.5 cm³/mol. The molecule has 4 heteroatoms. The standard InChI is InChI=1S/C15H18N2O2/c1-18-13-6-2-3-7-14(13)19-10-4-5-12-8-9-17-15(16)11-12/h2-3,6-9,11H,4-5,10H2,1H3,(H2,16,17). The minimum atomic E-state index is 0.558. The number of benzene rings is 1. The minimum absolute atomic E-state index is 0.558. The van der Waals surface area contributed by atoms with Crippen molar-refractivity contribution >= 4 is 5.82 Å². The van der Waals surface area contributed by atoms with Crippen molar-refractivity contribution in [1.29, 1.82) is 0 Å². The number of nitrogens with zero attached hydrogens (tertiary/aromatic N) is 1. The van der Waals surface area contributed by atoms with Crippen LogP contribution in [0.3, 0.4) is 0 Å². The fraction of sp³-hybridized carbons (Fsp3) is 0.267. The molecule has 100 valence electrons. The number of rotatable bonds is 6. The van der Waals surface area contributed by atoms with Gasteiger partial charge >= 0.3 is 0 Å². The Morgan fingerprint density at radius 2 is 1.95 bits per heavy atom. The average Bonchev–Trinajstić information content (AvgIpc) is 2.44. The van der Waals surface area contributed by atoms with Gasteiger partial charge in [0.25, 0.3) is 0 Å². The van der Waals surface area contributed by atoms with Gasteiger partial charge in [-0.2, -0.15) is 0 Å². The first-order valence-electron chi connectivity index (χ1n) is 6.26. The Bertz CT molecular complexity index is 529. The molecular weight excluding hydrogens is 240 g/mol. The molecule has 0 amide bonds. The first kappa shape index (κ1) is 13.2. The van der Waals surface area contributed by atoms with Crippen LogP contribution in [0, 0.1) is 0 Å². The number of ether oxygens (including phenoxy) is 2. The van der Waals surface area contributed by atoms with Crippen molar-refractivity contribution in [1.82, 2.24) is 4.98 Å². The summed E-state index contributed by atoms with van der Waals surface area (Å²) in [5.41, 5.74) is 6.81. The third-order valence-electron chi connectivity index (χ3n) is 2.78. The second kappa shape index (κ2) is 6.64. The van der Waals surface area contributed by atoms with Gasteiger partial charge in [0.1, 0.15) is 5.82 Å². The summed E-state index contributed by atoms with van der Waals surface area (Å²) < 4.78 is 10.9. The van der Waals surface area contributed by atoms with Crippen LogP contribution < -0.4 is 15.2 Å². The Hall–Kier alpha value is -2.23. The van der Waals surface area contributed by atoms with Gasteiger partial charge in [0.2, 0.25) is 0 Å². The van der Waals surface area contributed by atoms with E-state index in [1.807, 2.05) is 36.4 Å². The lowest BCUT2D eigenvalue weighted by Gasteiger charge is -2.10. The molecule has 0 atom stereocenters. The summed E-state index contributed by atoms with van der Waals surface area (Å²) in [5.74, 6) is 2.10. The van der Waals surface area contributed by atoms with Gasteiger partial charge in [0, 0.05) is 6.20 Å². The van der Waals surface area contributed by atoms with E-state index in [0.717, 1.165) is 24.3 Å². The highest BCUT2D eigenvalue weighted by Gasteiger charge is 2.02. The number of nitrogens with two attached hydrogens (primary N) is 1. The predicted octanol–water partition coefficient (Wildman–Crippen LogP) is 2.68. The SMILES string of the molecule is COc1ccccc1OCCCc1ccnc(N)c1. The Morgan fingerprint density at radius 3 is 2.68 bits per heavy atom. The normalized spacial score (nSPS) is 10.2. The molecule has 2 rings (SSSR count). The Labute approximate surface area is 113 Å². The lowest BCUT2D eigenvalue weighted by Crippen LogP contribution is -2.01. The van der Waals surface area contributed by atoms with Crippen LogP contribution >= 0.6 is 0 Å². The van der Waals surface area contributed by atoms with Crippen LogP contribution in [0.15, 0.2) is 42.6 Å². The molecule has 0 radical (unpaired) electrons. The third-order valence-corrected chi connectivity index (χ3v) is 2.78. The van der Waals surface area contributed by atoms with Gasteiger partial charge < -0.3 is 15.2 Å². The van der Waals surface area contributed by atoms with Gasteiger partial charge in [-0.1, -0.05) is 12.1 Å². The first-order chi connectivity index (χ1) is 9.29.